The minimum atomic E-state index is 0.567. The van der Waals surface area contributed by atoms with Crippen LogP contribution in [0.2, 0.25) is 0 Å². The van der Waals surface area contributed by atoms with Crippen LogP contribution in [0.25, 0.3) is 0 Å². The molecule has 0 unspecified atom stereocenters. The van der Waals surface area contributed by atoms with Crippen molar-refractivity contribution in [1.82, 2.24) is 5.32 Å². The molecule has 2 aliphatic rings. The summed E-state index contributed by atoms with van der Waals surface area (Å²) in [4.78, 5) is 0. The minimum absolute atomic E-state index is 0.567. The highest BCUT2D eigenvalue weighted by Gasteiger charge is 2.23. The van der Waals surface area contributed by atoms with Crippen LogP contribution in [0.3, 0.4) is 0 Å². The number of rotatable bonds is 2. The van der Waals surface area contributed by atoms with Crippen molar-refractivity contribution < 1.29 is 4.74 Å². The molecule has 2 nitrogen and oxygen atoms in total. The van der Waals surface area contributed by atoms with Gasteiger partial charge >= 0.3 is 0 Å². The third kappa shape index (κ3) is 2.06. The third-order valence-corrected chi connectivity index (χ3v) is 4.14. The molecule has 1 heterocycles. The largest absolute Gasteiger partial charge is 0.497 e. The SMILES string of the molecule is COc1cc2c(c([C@@H]3CCCN3)c1)CCCC2. The molecule has 0 saturated carbocycles. The van der Waals surface area contributed by atoms with E-state index in [1.165, 1.54) is 49.7 Å². The molecule has 1 aromatic carbocycles. The van der Waals surface area contributed by atoms with Gasteiger partial charge in [-0.15, -0.1) is 0 Å². The molecule has 0 bridgehead atoms. The standard InChI is InChI=1S/C15H21NO/c1-17-12-9-11-5-2-3-6-13(11)14(10-12)15-7-4-8-16-15/h9-10,15-16H,2-8H2,1H3/t15-/m0/s1. The summed E-state index contributed by atoms with van der Waals surface area (Å²) in [6, 6.07) is 5.07. The zero-order valence-electron chi connectivity index (χ0n) is 10.6. The number of hydrogen-bond donors (Lipinski definition) is 1. The Morgan fingerprint density at radius 1 is 1.18 bits per heavy atom. The van der Waals surface area contributed by atoms with Gasteiger partial charge in [-0.3, -0.25) is 0 Å². The molecule has 3 rings (SSSR count). The molecule has 0 radical (unpaired) electrons. The van der Waals surface area contributed by atoms with Crippen molar-refractivity contribution in [2.75, 3.05) is 13.7 Å². The van der Waals surface area contributed by atoms with Gasteiger partial charge in [-0.05, 0) is 73.9 Å². The zero-order chi connectivity index (χ0) is 11.7. The Bertz CT molecular complexity index is 408. The fraction of sp³-hybridized carbons (Fsp3) is 0.600. The smallest absolute Gasteiger partial charge is 0.119 e. The first-order valence-corrected chi connectivity index (χ1v) is 6.81. The van der Waals surface area contributed by atoms with E-state index < -0.39 is 0 Å². The molecule has 1 aliphatic heterocycles. The monoisotopic (exact) mass is 231 g/mol. The normalized spacial score (nSPS) is 23.5. The molecule has 1 saturated heterocycles. The van der Waals surface area contributed by atoms with Gasteiger partial charge in [0.05, 0.1) is 7.11 Å². The number of benzene rings is 1. The molecular formula is C15H21NO. The molecular weight excluding hydrogens is 210 g/mol. The molecule has 2 heteroatoms. The summed E-state index contributed by atoms with van der Waals surface area (Å²) in [7, 11) is 1.77. The van der Waals surface area contributed by atoms with Gasteiger partial charge in [0.1, 0.15) is 5.75 Å². The molecule has 1 fully saturated rings. The molecule has 92 valence electrons. The van der Waals surface area contributed by atoms with Gasteiger partial charge in [-0.2, -0.15) is 0 Å². The lowest BCUT2D eigenvalue weighted by Crippen LogP contribution is -2.17. The van der Waals surface area contributed by atoms with Crippen molar-refractivity contribution in [3.8, 4) is 5.75 Å². The van der Waals surface area contributed by atoms with Gasteiger partial charge in [0.2, 0.25) is 0 Å². The summed E-state index contributed by atoms with van der Waals surface area (Å²) in [5.74, 6) is 1.04. The average Bonchev–Trinajstić information content (AvgIpc) is 2.91. The van der Waals surface area contributed by atoms with Crippen molar-refractivity contribution in [3.05, 3.63) is 28.8 Å². The average molecular weight is 231 g/mol. The summed E-state index contributed by atoms with van der Waals surface area (Å²) < 4.78 is 5.45. The highest BCUT2D eigenvalue weighted by atomic mass is 16.5. The van der Waals surface area contributed by atoms with Gasteiger partial charge in [-0.1, -0.05) is 0 Å². The van der Waals surface area contributed by atoms with Crippen molar-refractivity contribution in [2.45, 2.75) is 44.6 Å². The summed E-state index contributed by atoms with van der Waals surface area (Å²) in [5.41, 5.74) is 4.65. The van der Waals surface area contributed by atoms with Gasteiger partial charge in [-0.25, -0.2) is 0 Å². The second kappa shape index (κ2) is 4.69. The van der Waals surface area contributed by atoms with E-state index in [2.05, 4.69) is 17.4 Å². The van der Waals surface area contributed by atoms with Crippen molar-refractivity contribution in [2.24, 2.45) is 0 Å². The molecule has 1 atom stereocenters. The first-order valence-electron chi connectivity index (χ1n) is 6.81. The molecule has 0 amide bonds. The van der Waals surface area contributed by atoms with E-state index in [0.717, 1.165) is 12.3 Å². The van der Waals surface area contributed by atoms with E-state index in [0.29, 0.717) is 6.04 Å². The Kier molecular flexibility index (Phi) is 3.06. The molecule has 0 aromatic heterocycles. The van der Waals surface area contributed by atoms with Crippen molar-refractivity contribution in [1.29, 1.82) is 0 Å². The summed E-state index contributed by atoms with van der Waals surface area (Å²) >= 11 is 0. The molecule has 1 aromatic rings. The van der Waals surface area contributed by atoms with Gasteiger partial charge in [0.25, 0.3) is 0 Å². The van der Waals surface area contributed by atoms with E-state index in [9.17, 15) is 0 Å². The van der Waals surface area contributed by atoms with Crippen LogP contribution in [0.5, 0.6) is 5.75 Å². The second-order valence-electron chi connectivity index (χ2n) is 5.21. The predicted octanol–water partition coefficient (Wildman–Crippen LogP) is 3.00. The predicted molar refractivity (Wildman–Crippen MR) is 69.6 cm³/mol. The van der Waals surface area contributed by atoms with Crippen LogP contribution < -0.4 is 10.1 Å². The lowest BCUT2D eigenvalue weighted by Gasteiger charge is -2.24. The van der Waals surface area contributed by atoms with Crippen LogP contribution in [0.15, 0.2) is 12.1 Å². The maximum Gasteiger partial charge on any atom is 0.119 e. The van der Waals surface area contributed by atoms with Gasteiger partial charge in [0.15, 0.2) is 0 Å². The third-order valence-electron chi connectivity index (χ3n) is 4.14. The molecule has 0 spiro atoms. The van der Waals surface area contributed by atoms with Gasteiger partial charge in [0, 0.05) is 6.04 Å². The zero-order valence-corrected chi connectivity index (χ0v) is 10.6. The van der Waals surface area contributed by atoms with E-state index in [4.69, 9.17) is 4.74 Å². The van der Waals surface area contributed by atoms with Crippen LogP contribution in [0.4, 0.5) is 0 Å². The Hall–Kier alpha value is -1.02. The number of ether oxygens (including phenoxy) is 1. The lowest BCUT2D eigenvalue weighted by molar-refractivity contribution is 0.412. The number of aryl methyl sites for hydroxylation is 1. The molecule has 17 heavy (non-hydrogen) atoms. The molecule has 1 N–H and O–H groups in total. The highest BCUT2D eigenvalue weighted by molar-refractivity contribution is 5.45. The summed E-state index contributed by atoms with van der Waals surface area (Å²) in [5, 5.41) is 3.62. The Labute approximate surface area is 103 Å². The van der Waals surface area contributed by atoms with Crippen LogP contribution in [0, 0.1) is 0 Å². The lowest BCUT2D eigenvalue weighted by atomic mass is 9.85. The topological polar surface area (TPSA) is 21.3 Å². The van der Waals surface area contributed by atoms with Crippen LogP contribution in [-0.2, 0) is 12.8 Å². The van der Waals surface area contributed by atoms with Gasteiger partial charge < -0.3 is 10.1 Å². The number of fused-ring (bicyclic) bond motifs is 1. The van der Waals surface area contributed by atoms with E-state index in [1.54, 1.807) is 12.7 Å². The maximum atomic E-state index is 5.45. The van der Waals surface area contributed by atoms with E-state index in [1.807, 2.05) is 0 Å². The number of nitrogens with one attached hydrogen (secondary N) is 1. The Balaban J connectivity index is 2.04. The summed E-state index contributed by atoms with van der Waals surface area (Å²) in [6.45, 7) is 1.16. The molecule has 1 aliphatic carbocycles. The first kappa shape index (κ1) is 11.1. The van der Waals surface area contributed by atoms with E-state index in [-0.39, 0.29) is 0 Å². The highest BCUT2D eigenvalue weighted by Crippen LogP contribution is 2.35. The second-order valence-corrected chi connectivity index (χ2v) is 5.21. The Morgan fingerprint density at radius 3 is 2.82 bits per heavy atom. The maximum absolute atomic E-state index is 5.45. The minimum Gasteiger partial charge on any atom is -0.497 e. The fourth-order valence-electron chi connectivity index (χ4n) is 3.25. The van der Waals surface area contributed by atoms with Crippen LogP contribution in [-0.4, -0.2) is 13.7 Å². The fourth-order valence-corrected chi connectivity index (χ4v) is 3.25. The van der Waals surface area contributed by atoms with Crippen LogP contribution in [0.1, 0.15) is 48.4 Å². The van der Waals surface area contributed by atoms with E-state index >= 15 is 0 Å². The van der Waals surface area contributed by atoms with Crippen LogP contribution >= 0.6 is 0 Å². The number of hydrogen-bond acceptors (Lipinski definition) is 2. The summed E-state index contributed by atoms with van der Waals surface area (Å²) in [6.07, 6.45) is 7.74. The quantitative estimate of drug-likeness (QED) is 0.845. The number of methoxy groups -OCH3 is 1. The Morgan fingerprint density at radius 2 is 2.06 bits per heavy atom. The van der Waals surface area contributed by atoms with Crippen molar-refractivity contribution in [3.63, 3.8) is 0 Å². The first-order chi connectivity index (χ1) is 8.38. The van der Waals surface area contributed by atoms with Crippen molar-refractivity contribution >= 4 is 0 Å².